The van der Waals surface area contributed by atoms with Gasteiger partial charge in [-0.25, -0.2) is 0 Å². The quantitative estimate of drug-likeness (QED) is 0.576. The number of rotatable bonds is 0. The van der Waals surface area contributed by atoms with Crippen molar-refractivity contribution in [3.63, 3.8) is 0 Å². The third-order valence-corrected chi connectivity index (χ3v) is 3.70. The molecule has 0 fully saturated rings. The molecule has 1 aliphatic rings. The maximum Gasteiger partial charge on any atom is -0.0114 e. The second-order valence-corrected chi connectivity index (χ2v) is 4.37. The van der Waals surface area contributed by atoms with E-state index < -0.39 is 0 Å². The van der Waals surface area contributed by atoms with Crippen molar-refractivity contribution in [2.24, 2.45) is 0 Å². The summed E-state index contributed by atoms with van der Waals surface area (Å²) < 4.78 is 0. The molecule has 14 heavy (non-hydrogen) atoms. The highest BCUT2D eigenvalue weighted by Gasteiger charge is 2.27. The van der Waals surface area contributed by atoms with E-state index in [1.807, 2.05) is 0 Å². The lowest BCUT2D eigenvalue weighted by Crippen LogP contribution is -1.95. The Bertz CT molecular complexity index is 454. The van der Waals surface area contributed by atoms with Crippen molar-refractivity contribution < 1.29 is 0 Å². The maximum absolute atomic E-state index is 2.33. The maximum atomic E-state index is 2.33. The van der Waals surface area contributed by atoms with Gasteiger partial charge >= 0.3 is 0 Å². The molecule has 0 bridgehead atoms. The molecule has 0 saturated carbocycles. The lowest BCUT2D eigenvalue weighted by Gasteiger charge is -2.10. The van der Waals surface area contributed by atoms with Crippen LogP contribution in [0.3, 0.4) is 0 Å². The van der Waals surface area contributed by atoms with Gasteiger partial charge in [0.25, 0.3) is 0 Å². The first-order chi connectivity index (χ1) is 6.79. The summed E-state index contributed by atoms with van der Waals surface area (Å²) >= 11 is 0. The van der Waals surface area contributed by atoms with Gasteiger partial charge in [-0.05, 0) is 33.7 Å². The first kappa shape index (κ1) is 8.05. The van der Waals surface area contributed by atoms with Crippen molar-refractivity contribution in [1.29, 1.82) is 0 Å². The van der Waals surface area contributed by atoms with Crippen LogP contribution < -0.4 is 0 Å². The summed E-state index contributed by atoms with van der Waals surface area (Å²) in [6, 6.07) is 13.3. The van der Waals surface area contributed by atoms with Crippen LogP contribution in [0.2, 0.25) is 0 Å². The molecule has 0 N–H and O–H groups in total. The molecule has 0 nitrogen and oxygen atoms in total. The Kier molecular flexibility index (Phi) is 1.49. The largest absolute Gasteiger partial charge is 0.0613 e. The SMILES string of the molecule is CC1c2cccc3cccc(c23)[C@@H]1C. The van der Waals surface area contributed by atoms with Crippen LogP contribution in [0.5, 0.6) is 0 Å². The van der Waals surface area contributed by atoms with Gasteiger partial charge in [0.1, 0.15) is 0 Å². The van der Waals surface area contributed by atoms with Gasteiger partial charge in [-0.2, -0.15) is 0 Å². The number of hydrogen-bond donors (Lipinski definition) is 0. The normalized spacial score (nSPS) is 24.4. The molecule has 0 heterocycles. The van der Waals surface area contributed by atoms with Crippen LogP contribution in [0.25, 0.3) is 10.8 Å². The van der Waals surface area contributed by atoms with Crippen LogP contribution in [0.1, 0.15) is 36.8 Å². The molecule has 0 saturated heterocycles. The average Bonchev–Trinajstić information content (AvgIpc) is 2.47. The zero-order chi connectivity index (χ0) is 9.71. The smallest absolute Gasteiger partial charge is 0.0114 e. The Balaban J connectivity index is 2.49. The fourth-order valence-corrected chi connectivity index (χ4v) is 2.70. The number of hydrogen-bond acceptors (Lipinski definition) is 0. The van der Waals surface area contributed by atoms with Gasteiger partial charge in [-0.1, -0.05) is 50.2 Å². The van der Waals surface area contributed by atoms with E-state index in [1.165, 1.54) is 21.9 Å². The minimum atomic E-state index is 0.677. The van der Waals surface area contributed by atoms with Gasteiger partial charge in [0, 0.05) is 0 Å². The Morgan fingerprint density at radius 3 is 1.79 bits per heavy atom. The number of benzene rings is 2. The Morgan fingerprint density at radius 1 is 0.786 bits per heavy atom. The molecule has 1 aliphatic carbocycles. The fraction of sp³-hybridized carbons (Fsp3) is 0.286. The van der Waals surface area contributed by atoms with E-state index in [4.69, 9.17) is 0 Å². The molecule has 2 aromatic carbocycles. The van der Waals surface area contributed by atoms with Crippen molar-refractivity contribution in [1.82, 2.24) is 0 Å². The third-order valence-electron chi connectivity index (χ3n) is 3.70. The second kappa shape index (κ2) is 2.60. The molecule has 0 aliphatic heterocycles. The Labute approximate surface area is 84.6 Å². The molecule has 70 valence electrons. The van der Waals surface area contributed by atoms with Crippen molar-refractivity contribution >= 4 is 10.8 Å². The van der Waals surface area contributed by atoms with Gasteiger partial charge in [0.05, 0.1) is 0 Å². The highest BCUT2D eigenvalue weighted by atomic mass is 14.3. The monoisotopic (exact) mass is 182 g/mol. The predicted octanol–water partition coefficient (Wildman–Crippen LogP) is 4.06. The van der Waals surface area contributed by atoms with Crippen molar-refractivity contribution in [3.05, 3.63) is 47.5 Å². The van der Waals surface area contributed by atoms with E-state index in [0.717, 1.165) is 0 Å². The molecule has 3 rings (SSSR count). The summed E-state index contributed by atoms with van der Waals surface area (Å²) in [4.78, 5) is 0. The van der Waals surface area contributed by atoms with Gasteiger partial charge in [0.15, 0.2) is 0 Å². The summed E-state index contributed by atoms with van der Waals surface area (Å²) in [5.74, 6) is 1.35. The summed E-state index contributed by atoms with van der Waals surface area (Å²) in [5, 5.41) is 2.91. The Hall–Kier alpha value is -1.30. The highest BCUT2D eigenvalue weighted by molar-refractivity contribution is 5.92. The standard InChI is InChI=1S/C14H14/c1-9-10(2)13-8-4-6-11-5-3-7-12(9)14(11)13/h3-10H,1-2H3/t9-,10?/m1/s1. The topological polar surface area (TPSA) is 0 Å². The van der Waals surface area contributed by atoms with Crippen molar-refractivity contribution in [2.75, 3.05) is 0 Å². The summed E-state index contributed by atoms with van der Waals surface area (Å²) in [5.41, 5.74) is 3.07. The molecule has 0 amide bonds. The minimum Gasteiger partial charge on any atom is -0.0613 e. The first-order valence-electron chi connectivity index (χ1n) is 5.30. The van der Waals surface area contributed by atoms with E-state index in [1.54, 1.807) is 0 Å². The summed E-state index contributed by atoms with van der Waals surface area (Å²) in [7, 11) is 0. The summed E-state index contributed by atoms with van der Waals surface area (Å²) in [6.07, 6.45) is 0. The van der Waals surface area contributed by atoms with Crippen LogP contribution in [-0.4, -0.2) is 0 Å². The van der Waals surface area contributed by atoms with Gasteiger partial charge in [-0.3, -0.25) is 0 Å². The lowest BCUT2D eigenvalue weighted by molar-refractivity contribution is 0.655. The van der Waals surface area contributed by atoms with Gasteiger partial charge in [-0.15, -0.1) is 0 Å². The predicted molar refractivity (Wildman–Crippen MR) is 60.8 cm³/mol. The minimum absolute atomic E-state index is 0.677. The second-order valence-electron chi connectivity index (χ2n) is 4.37. The van der Waals surface area contributed by atoms with Crippen LogP contribution in [0.15, 0.2) is 36.4 Å². The van der Waals surface area contributed by atoms with Crippen LogP contribution in [0, 0.1) is 0 Å². The van der Waals surface area contributed by atoms with Gasteiger partial charge in [0.2, 0.25) is 0 Å². The lowest BCUT2D eigenvalue weighted by atomic mass is 9.94. The van der Waals surface area contributed by atoms with Crippen LogP contribution in [-0.2, 0) is 0 Å². The molecular weight excluding hydrogens is 168 g/mol. The van der Waals surface area contributed by atoms with E-state index in [-0.39, 0.29) is 0 Å². The van der Waals surface area contributed by atoms with Gasteiger partial charge < -0.3 is 0 Å². The molecule has 2 aromatic rings. The molecule has 0 spiro atoms. The zero-order valence-electron chi connectivity index (χ0n) is 8.62. The van der Waals surface area contributed by atoms with E-state index in [0.29, 0.717) is 11.8 Å². The molecule has 0 heteroatoms. The van der Waals surface area contributed by atoms with Crippen molar-refractivity contribution in [2.45, 2.75) is 25.7 Å². The Morgan fingerprint density at radius 2 is 1.29 bits per heavy atom. The van der Waals surface area contributed by atoms with Crippen LogP contribution in [0.4, 0.5) is 0 Å². The fourth-order valence-electron chi connectivity index (χ4n) is 2.70. The molecular formula is C14H14. The molecule has 0 aromatic heterocycles. The van der Waals surface area contributed by atoms with E-state index in [2.05, 4.69) is 50.2 Å². The zero-order valence-corrected chi connectivity index (χ0v) is 8.62. The van der Waals surface area contributed by atoms with E-state index >= 15 is 0 Å². The van der Waals surface area contributed by atoms with Crippen LogP contribution >= 0.6 is 0 Å². The van der Waals surface area contributed by atoms with E-state index in [9.17, 15) is 0 Å². The molecule has 1 unspecified atom stereocenters. The molecule has 2 atom stereocenters. The molecule has 0 radical (unpaired) electrons. The highest BCUT2D eigenvalue weighted by Crippen LogP contribution is 2.45. The summed E-state index contributed by atoms with van der Waals surface area (Å²) in [6.45, 7) is 4.67. The third kappa shape index (κ3) is 0.836. The van der Waals surface area contributed by atoms with Crippen molar-refractivity contribution in [3.8, 4) is 0 Å². The first-order valence-corrected chi connectivity index (χ1v) is 5.30. The average molecular weight is 182 g/mol.